The van der Waals surface area contributed by atoms with Crippen molar-refractivity contribution in [2.75, 3.05) is 40.9 Å². The Morgan fingerprint density at radius 2 is 0.866 bits per heavy atom. The van der Waals surface area contributed by atoms with Gasteiger partial charge >= 0.3 is 0 Å². The Morgan fingerprint density at radius 1 is 0.522 bits per heavy atom. The van der Waals surface area contributed by atoms with Crippen LogP contribution >= 0.6 is 7.82 Å². The maximum atomic E-state index is 12.9. The summed E-state index contributed by atoms with van der Waals surface area (Å²) in [6.07, 6.45) is 64.1. The zero-order valence-electron chi connectivity index (χ0n) is 45.1. The summed E-state index contributed by atoms with van der Waals surface area (Å²) in [6.45, 7) is 4.61. The van der Waals surface area contributed by atoms with Gasteiger partial charge in [-0.2, -0.15) is 0 Å². The third-order valence-corrected chi connectivity index (χ3v) is 14.1. The SMILES string of the molecule is CCCCCCC/C=C\C/C=C\CCCCCCCCCCCCCCCCCCCCCCCCCCCC(=O)NC(COP(=O)([O-])OCC[N+](C)(C)C)C(O)/C=C/CCCCCCCC. The maximum absolute atomic E-state index is 12.9. The smallest absolute Gasteiger partial charge is 0.268 e. The third-order valence-electron chi connectivity index (χ3n) is 13.1. The standard InChI is InChI=1S/C58H113N2O6P/c1-6-8-10-12-14-16-17-18-19-20-21-22-23-24-25-26-27-28-29-30-31-32-33-34-35-36-37-38-39-40-41-42-43-44-46-48-50-52-58(62)59-56(55-66-67(63,64)65-54-53-60(3,4)5)57(61)51-49-47-45-15-13-11-9-7-2/h17-18,20-21,49,51,56-57,61H,6-16,19,22-48,50,52-55H2,1-5H3,(H-,59,62,63,64)/b18-17-,21-20-,51-49+. The van der Waals surface area contributed by atoms with E-state index in [4.69, 9.17) is 9.05 Å². The normalized spacial score (nSPS) is 14.2. The van der Waals surface area contributed by atoms with Gasteiger partial charge in [0.25, 0.3) is 7.82 Å². The molecular formula is C58H113N2O6P. The second kappa shape index (κ2) is 49.7. The van der Waals surface area contributed by atoms with Gasteiger partial charge in [0.05, 0.1) is 39.9 Å². The first-order valence-corrected chi connectivity index (χ1v) is 30.3. The van der Waals surface area contributed by atoms with E-state index in [-0.39, 0.29) is 19.1 Å². The molecule has 0 saturated heterocycles. The molecule has 0 rings (SSSR count). The number of rotatable bonds is 53. The number of hydrogen-bond donors (Lipinski definition) is 2. The number of carbonyl (C=O) groups is 1. The van der Waals surface area contributed by atoms with Gasteiger partial charge in [-0.1, -0.05) is 256 Å². The number of phosphoric acid groups is 1. The minimum Gasteiger partial charge on any atom is -0.756 e. The highest BCUT2D eigenvalue weighted by Gasteiger charge is 2.23. The van der Waals surface area contributed by atoms with E-state index in [0.29, 0.717) is 17.4 Å². The van der Waals surface area contributed by atoms with Crippen molar-refractivity contribution in [3.8, 4) is 0 Å². The second-order valence-corrected chi connectivity index (χ2v) is 22.4. The van der Waals surface area contributed by atoms with Gasteiger partial charge in [-0.25, -0.2) is 0 Å². The van der Waals surface area contributed by atoms with E-state index in [1.165, 1.54) is 212 Å². The fourth-order valence-electron chi connectivity index (χ4n) is 8.54. The molecule has 8 nitrogen and oxygen atoms in total. The molecule has 0 radical (unpaired) electrons. The minimum absolute atomic E-state index is 0.000381. The maximum Gasteiger partial charge on any atom is 0.268 e. The van der Waals surface area contributed by atoms with E-state index in [1.807, 2.05) is 27.2 Å². The molecule has 67 heavy (non-hydrogen) atoms. The molecule has 396 valence electrons. The molecule has 0 aliphatic heterocycles. The quantitative estimate of drug-likeness (QED) is 0.0272. The largest absolute Gasteiger partial charge is 0.756 e. The van der Waals surface area contributed by atoms with Crippen LogP contribution in [-0.4, -0.2) is 68.5 Å². The Kier molecular flexibility index (Phi) is 48.7. The lowest BCUT2D eigenvalue weighted by Crippen LogP contribution is -2.45. The average Bonchev–Trinajstić information content (AvgIpc) is 3.29. The van der Waals surface area contributed by atoms with Crippen LogP contribution in [0, 0.1) is 0 Å². The van der Waals surface area contributed by atoms with Crippen molar-refractivity contribution in [3.63, 3.8) is 0 Å². The number of likely N-dealkylation sites (N-methyl/N-ethyl adjacent to an activating group) is 1. The molecule has 9 heteroatoms. The molecule has 0 aromatic carbocycles. The van der Waals surface area contributed by atoms with Gasteiger partial charge in [-0.05, 0) is 51.4 Å². The Labute approximate surface area is 417 Å². The zero-order valence-corrected chi connectivity index (χ0v) is 46.0. The van der Waals surface area contributed by atoms with Crippen LogP contribution in [0.25, 0.3) is 0 Å². The summed E-state index contributed by atoms with van der Waals surface area (Å²) in [5.41, 5.74) is 0. The monoisotopic (exact) mass is 965 g/mol. The minimum atomic E-state index is -4.58. The number of amides is 1. The van der Waals surface area contributed by atoms with E-state index in [0.717, 1.165) is 44.9 Å². The van der Waals surface area contributed by atoms with Gasteiger partial charge in [0.1, 0.15) is 13.2 Å². The molecule has 0 spiro atoms. The van der Waals surface area contributed by atoms with Gasteiger partial charge in [0.15, 0.2) is 0 Å². The highest BCUT2D eigenvalue weighted by atomic mass is 31.2. The van der Waals surface area contributed by atoms with Crippen molar-refractivity contribution in [1.82, 2.24) is 5.32 Å². The number of unbranched alkanes of at least 4 members (excludes halogenated alkanes) is 36. The first-order chi connectivity index (χ1) is 32.5. The van der Waals surface area contributed by atoms with Crippen LogP contribution in [0.5, 0.6) is 0 Å². The summed E-state index contributed by atoms with van der Waals surface area (Å²) in [4.78, 5) is 25.3. The molecule has 0 bridgehead atoms. The number of nitrogens with one attached hydrogen (secondary N) is 1. The van der Waals surface area contributed by atoms with Crippen LogP contribution in [0.2, 0.25) is 0 Å². The Morgan fingerprint density at radius 3 is 1.24 bits per heavy atom. The number of allylic oxidation sites excluding steroid dienone is 5. The van der Waals surface area contributed by atoms with E-state index in [9.17, 15) is 19.4 Å². The number of hydrogen-bond acceptors (Lipinski definition) is 6. The lowest BCUT2D eigenvalue weighted by Gasteiger charge is -2.29. The van der Waals surface area contributed by atoms with Crippen molar-refractivity contribution in [2.45, 2.75) is 289 Å². The molecule has 3 unspecified atom stereocenters. The van der Waals surface area contributed by atoms with E-state index in [1.54, 1.807) is 6.08 Å². The number of aliphatic hydroxyl groups is 1. The summed E-state index contributed by atoms with van der Waals surface area (Å²) < 4.78 is 23.2. The molecule has 0 aliphatic rings. The van der Waals surface area contributed by atoms with Gasteiger partial charge in [-0.3, -0.25) is 9.36 Å². The van der Waals surface area contributed by atoms with Gasteiger partial charge in [0, 0.05) is 6.42 Å². The summed E-state index contributed by atoms with van der Waals surface area (Å²) in [6, 6.07) is -0.881. The predicted octanol–water partition coefficient (Wildman–Crippen LogP) is 16.7. The first-order valence-electron chi connectivity index (χ1n) is 28.9. The van der Waals surface area contributed by atoms with Gasteiger partial charge < -0.3 is 28.8 Å². The molecule has 2 N–H and O–H groups in total. The highest BCUT2D eigenvalue weighted by Crippen LogP contribution is 2.38. The fraction of sp³-hybridized carbons (Fsp3) is 0.879. The number of quaternary nitrogens is 1. The molecule has 0 aliphatic carbocycles. The zero-order chi connectivity index (χ0) is 49.2. The Balaban J connectivity index is 3.79. The summed E-state index contributed by atoms with van der Waals surface area (Å²) in [5, 5.41) is 13.7. The molecule has 0 saturated carbocycles. The number of phosphoric ester groups is 1. The van der Waals surface area contributed by atoms with Crippen LogP contribution < -0.4 is 10.2 Å². The van der Waals surface area contributed by atoms with Crippen molar-refractivity contribution in [2.24, 2.45) is 0 Å². The van der Waals surface area contributed by atoms with Crippen molar-refractivity contribution >= 4 is 13.7 Å². The van der Waals surface area contributed by atoms with Gasteiger partial charge in [-0.15, -0.1) is 0 Å². The van der Waals surface area contributed by atoms with Crippen molar-refractivity contribution in [3.05, 3.63) is 36.5 Å². The summed E-state index contributed by atoms with van der Waals surface area (Å²) in [5.74, 6) is -0.197. The second-order valence-electron chi connectivity index (χ2n) is 21.0. The molecular weight excluding hydrogens is 852 g/mol. The molecule has 0 heterocycles. The molecule has 0 aromatic rings. The van der Waals surface area contributed by atoms with Crippen LogP contribution in [-0.2, 0) is 18.4 Å². The Bertz CT molecular complexity index is 1190. The van der Waals surface area contributed by atoms with Crippen LogP contribution in [0.1, 0.15) is 277 Å². The summed E-state index contributed by atoms with van der Waals surface area (Å²) >= 11 is 0. The number of carbonyl (C=O) groups excluding carboxylic acids is 1. The average molecular weight is 966 g/mol. The van der Waals surface area contributed by atoms with E-state index in [2.05, 4.69) is 43.5 Å². The van der Waals surface area contributed by atoms with Crippen molar-refractivity contribution < 1.29 is 32.9 Å². The van der Waals surface area contributed by atoms with Crippen molar-refractivity contribution in [1.29, 1.82) is 0 Å². The van der Waals surface area contributed by atoms with Crippen LogP contribution in [0.15, 0.2) is 36.5 Å². The fourth-order valence-corrected chi connectivity index (χ4v) is 9.26. The van der Waals surface area contributed by atoms with Gasteiger partial charge in [0.2, 0.25) is 5.91 Å². The summed E-state index contributed by atoms with van der Waals surface area (Å²) in [7, 11) is 1.27. The molecule has 0 fully saturated rings. The van der Waals surface area contributed by atoms with Crippen LogP contribution in [0.4, 0.5) is 0 Å². The molecule has 0 aromatic heterocycles. The third kappa shape index (κ3) is 52.4. The Hall–Kier alpha value is -1.28. The lowest BCUT2D eigenvalue weighted by molar-refractivity contribution is -0.870. The first kappa shape index (κ1) is 65.7. The molecule has 3 atom stereocenters. The van der Waals surface area contributed by atoms with E-state index >= 15 is 0 Å². The molecule has 1 amide bonds. The number of nitrogens with zero attached hydrogens (tertiary/aromatic N) is 1. The number of aliphatic hydroxyl groups excluding tert-OH is 1. The predicted molar refractivity (Wildman–Crippen MR) is 288 cm³/mol. The topological polar surface area (TPSA) is 108 Å². The highest BCUT2D eigenvalue weighted by molar-refractivity contribution is 7.45. The lowest BCUT2D eigenvalue weighted by atomic mass is 10.0. The van der Waals surface area contributed by atoms with Crippen LogP contribution in [0.3, 0.4) is 0 Å². The van der Waals surface area contributed by atoms with E-state index < -0.39 is 20.0 Å².